The fourth-order valence-electron chi connectivity index (χ4n) is 2.41. The molecular weight excluding hydrogens is 306 g/mol. The Kier molecular flexibility index (Phi) is 5.84. The number of nitrogens with one attached hydrogen (secondary N) is 1. The fourth-order valence-corrected chi connectivity index (χ4v) is 2.64. The molecule has 0 bridgehead atoms. The molecule has 0 atom stereocenters. The Labute approximate surface area is 143 Å². The number of halogens is 1. The van der Waals surface area contributed by atoms with Crippen LogP contribution in [0.1, 0.15) is 48.7 Å². The van der Waals surface area contributed by atoms with E-state index in [1.165, 1.54) is 5.56 Å². The fraction of sp³-hybridized carbons (Fsp3) is 0.350. The first-order chi connectivity index (χ1) is 10.9. The lowest BCUT2D eigenvalue weighted by Gasteiger charge is -2.19. The topological polar surface area (TPSA) is 29.1 Å². The molecule has 0 heterocycles. The van der Waals surface area contributed by atoms with Crippen molar-refractivity contribution in [3.8, 4) is 0 Å². The average molecular weight is 330 g/mol. The lowest BCUT2D eigenvalue weighted by molar-refractivity contribution is 0.0953. The van der Waals surface area contributed by atoms with Crippen molar-refractivity contribution >= 4 is 17.5 Å². The number of benzene rings is 2. The van der Waals surface area contributed by atoms with Gasteiger partial charge in [0.1, 0.15) is 0 Å². The maximum atomic E-state index is 12.1. The van der Waals surface area contributed by atoms with Crippen LogP contribution in [0.5, 0.6) is 0 Å². The second kappa shape index (κ2) is 7.65. The Morgan fingerprint density at radius 2 is 1.70 bits per heavy atom. The van der Waals surface area contributed by atoms with E-state index in [1.807, 2.05) is 48.5 Å². The first kappa shape index (κ1) is 17.6. The van der Waals surface area contributed by atoms with Gasteiger partial charge in [-0.25, -0.2) is 0 Å². The van der Waals surface area contributed by atoms with Gasteiger partial charge in [0.25, 0.3) is 5.91 Å². The summed E-state index contributed by atoms with van der Waals surface area (Å²) in [6, 6.07) is 15.7. The van der Waals surface area contributed by atoms with E-state index in [4.69, 9.17) is 11.6 Å². The predicted molar refractivity (Wildman–Crippen MR) is 97.2 cm³/mol. The van der Waals surface area contributed by atoms with Gasteiger partial charge >= 0.3 is 0 Å². The SMILES string of the molecule is CC(C)(C)c1ccc(C(=O)NCCCc2ccccc2Cl)cc1. The highest BCUT2D eigenvalue weighted by Crippen LogP contribution is 2.22. The molecule has 2 nitrogen and oxygen atoms in total. The molecule has 0 saturated heterocycles. The molecule has 0 aliphatic carbocycles. The molecule has 0 radical (unpaired) electrons. The largest absolute Gasteiger partial charge is 0.352 e. The van der Waals surface area contributed by atoms with Gasteiger partial charge in [-0.3, -0.25) is 4.79 Å². The molecule has 122 valence electrons. The summed E-state index contributed by atoms with van der Waals surface area (Å²) in [4.78, 5) is 12.1. The number of amides is 1. The summed E-state index contributed by atoms with van der Waals surface area (Å²) in [6.45, 7) is 7.13. The van der Waals surface area contributed by atoms with Crippen molar-refractivity contribution in [2.75, 3.05) is 6.54 Å². The van der Waals surface area contributed by atoms with E-state index in [0.717, 1.165) is 23.4 Å². The molecule has 0 fully saturated rings. The van der Waals surface area contributed by atoms with E-state index >= 15 is 0 Å². The van der Waals surface area contributed by atoms with Crippen LogP contribution in [0.2, 0.25) is 5.02 Å². The summed E-state index contributed by atoms with van der Waals surface area (Å²) in [7, 11) is 0. The summed E-state index contributed by atoms with van der Waals surface area (Å²) < 4.78 is 0. The van der Waals surface area contributed by atoms with Crippen molar-refractivity contribution in [2.24, 2.45) is 0 Å². The van der Waals surface area contributed by atoms with Crippen LogP contribution in [0, 0.1) is 0 Å². The molecule has 2 rings (SSSR count). The minimum Gasteiger partial charge on any atom is -0.352 e. The van der Waals surface area contributed by atoms with Gasteiger partial charge in [-0.1, -0.05) is 62.7 Å². The molecule has 0 saturated carbocycles. The van der Waals surface area contributed by atoms with Gasteiger partial charge < -0.3 is 5.32 Å². The van der Waals surface area contributed by atoms with Crippen LogP contribution in [0.3, 0.4) is 0 Å². The highest BCUT2D eigenvalue weighted by Gasteiger charge is 2.14. The van der Waals surface area contributed by atoms with Gasteiger partial charge in [-0.15, -0.1) is 0 Å². The molecule has 23 heavy (non-hydrogen) atoms. The van der Waals surface area contributed by atoms with E-state index in [0.29, 0.717) is 12.1 Å². The summed E-state index contributed by atoms with van der Waals surface area (Å²) in [5, 5.41) is 3.75. The molecule has 0 aromatic heterocycles. The van der Waals surface area contributed by atoms with Crippen molar-refractivity contribution in [3.63, 3.8) is 0 Å². The van der Waals surface area contributed by atoms with Crippen molar-refractivity contribution in [1.29, 1.82) is 0 Å². The molecule has 0 spiro atoms. The molecule has 1 N–H and O–H groups in total. The third-order valence-corrected chi connectivity index (χ3v) is 4.25. The Hall–Kier alpha value is -1.80. The molecule has 2 aromatic rings. The number of hydrogen-bond acceptors (Lipinski definition) is 1. The van der Waals surface area contributed by atoms with E-state index in [1.54, 1.807) is 0 Å². The highest BCUT2D eigenvalue weighted by atomic mass is 35.5. The molecule has 0 aliphatic heterocycles. The van der Waals surface area contributed by atoms with E-state index in [-0.39, 0.29) is 11.3 Å². The Morgan fingerprint density at radius 1 is 1.04 bits per heavy atom. The third kappa shape index (κ3) is 5.11. The van der Waals surface area contributed by atoms with Crippen LogP contribution < -0.4 is 5.32 Å². The quantitative estimate of drug-likeness (QED) is 0.768. The highest BCUT2D eigenvalue weighted by molar-refractivity contribution is 6.31. The van der Waals surface area contributed by atoms with Gasteiger partial charge in [0, 0.05) is 17.1 Å². The van der Waals surface area contributed by atoms with Crippen molar-refractivity contribution in [2.45, 2.75) is 39.0 Å². The summed E-state index contributed by atoms with van der Waals surface area (Å²) >= 11 is 6.13. The number of carbonyl (C=O) groups is 1. The van der Waals surface area contributed by atoms with E-state index in [9.17, 15) is 4.79 Å². The third-order valence-electron chi connectivity index (χ3n) is 3.88. The maximum absolute atomic E-state index is 12.1. The summed E-state index contributed by atoms with van der Waals surface area (Å²) in [5.74, 6) is -0.0235. The second-order valence-electron chi connectivity index (χ2n) is 6.78. The van der Waals surface area contributed by atoms with Crippen LogP contribution >= 0.6 is 11.6 Å². The first-order valence-corrected chi connectivity index (χ1v) is 8.38. The Bertz CT molecular complexity index is 656. The standard InChI is InChI=1S/C20H24ClNO/c1-20(2,3)17-12-10-16(11-13-17)19(23)22-14-6-8-15-7-4-5-9-18(15)21/h4-5,7,9-13H,6,8,14H2,1-3H3,(H,22,23). The lowest BCUT2D eigenvalue weighted by Crippen LogP contribution is -2.25. The van der Waals surface area contributed by atoms with Gasteiger partial charge in [-0.05, 0) is 47.6 Å². The summed E-state index contributed by atoms with van der Waals surface area (Å²) in [5.41, 5.74) is 3.16. The normalized spacial score (nSPS) is 11.3. The van der Waals surface area contributed by atoms with Crippen LogP contribution in [0.15, 0.2) is 48.5 Å². The Balaban J connectivity index is 1.82. The van der Waals surface area contributed by atoms with Gasteiger partial charge in [0.05, 0.1) is 0 Å². The van der Waals surface area contributed by atoms with Crippen molar-refractivity contribution in [1.82, 2.24) is 5.32 Å². The molecule has 0 aliphatic rings. The molecule has 2 aromatic carbocycles. The predicted octanol–water partition coefficient (Wildman–Crippen LogP) is 5.00. The number of carbonyl (C=O) groups excluding carboxylic acids is 1. The molecular formula is C20H24ClNO. The Morgan fingerprint density at radius 3 is 2.30 bits per heavy atom. The number of hydrogen-bond donors (Lipinski definition) is 1. The van der Waals surface area contributed by atoms with Gasteiger partial charge in [-0.2, -0.15) is 0 Å². The van der Waals surface area contributed by atoms with Gasteiger partial charge in [0.15, 0.2) is 0 Å². The van der Waals surface area contributed by atoms with Crippen molar-refractivity contribution < 1.29 is 4.79 Å². The lowest BCUT2D eigenvalue weighted by atomic mass is 9.87. The van der Waals surface area contributed by atoms with E-state index < -0.39 is 0 Å². The molecule has 3 heteroatoms. The minimum absolute atomic E-state index is 0.0235. The molecule has 0 unspecified atom stereocenters. The number of rotatable bonds is 5. The maximum Gasteiger partial charge on any atom is 0.251 e. The summed E-state index contributed by atoms with van der Waals surface area (Å²) in [6.07, 6.45) is 1.73. The first-order valence-electron chi connectivity index (χ1n) is 8.00. The van der Waals surface area contributed by atoms with E-state index in [2.05, 4.69) is 26.1 Å². The minimum atomic E-state index is -0.0235. The second-order valence-corrected chi connectivity index (χ2v) is 7.19. The van der Waals surface area contributed by atoms with Crippen LogP contribution in [-0.2, 0) is 11.8 Å². The average Bonchev–Trinajstić information content (AvgIpc) is 2.52. The molecule has 1 amide bonds. The zero-order chi connectivity index (χ0) is 16.9. The van der Waals surface area contributed by atoms with Crippen LogP contribution in [-0.4, -0.2) is 12.5 Å². The van der Waals surface area contributed by atoms with Crippen LogP contribution in [0.4, 0.5) is 0 Å². The zero-order valence-electron chi connectivity index (χ0n) is 14.0. The van der Waals surface area contributed by atoms with Gasteiger partial charge in [0.2, 0.25) is 0 Å². The van der Waals surface area contributed by atoms with Crippen LogP contribution in [0.25, 0.3) is 0 Å². The smallest absolute Gasteiger partial charge is 0.251 e. The number of aryl methyl sites for hydroxylation is 1. The zero-order valence-corrected chi connectivity index (χ0v) is 14.8. The monoisotopic (exact) mass is 329 g/mol. The van der Waals surface area contributed by atoms with Crippen molar-refractivity contribution in [3.05, 3.63) is 70.2 Å².